The summed E-state index contributed by atoms with van der Waals surface area (Å²) in [7, 11) is 0. The van der Waals surface area contributed by atoms with Crippen molar-refractivity contribution in [2.45, 2.75) is 64.5 Å². The molecule has 0 atom stereocenters. The summed E-state index contributed by atoms with van der Waals surface area (Å²) in [5.41, 5.74) is 2.85. The van der Waals surface area contributed by atoms with E-state index >= 15 is 0 Å². The van der Waals surface area contributed by atoms with Gasteiger partial charge in [0.25, 0.3) is 11.8 Å². The Bertz CT molecular complexity index is 1080. The zero-order valence-corrected chi connectivity index (χ0v) is 19.9. The molecule has 0 unspecified atom stereocenters. The molecule has 2 aromatic rings. The zero-order valence-electron chi connectivity index (χ0n) is 19.9. The van der Waals surface area contributed by atoms with Gasteiger partial charge in [0.2, 0.25) is 5.91 Å². The highest BCUT2D eigenvalue weighted by molar-refractivity contribution is 6.24. The maximum Gasteiger partial charge on any atom is 0.263 e. The van der Waals surface area contributed by atoms with Crippen LogP contribution in [0.4, 0.5) is 5.69 Å². The largest absolute Gasteiger partial charge is 0.367 e. The fourth-order valence-electron chi connectivity index (χ4n) is 5.55. The standard InChI is InChI=1S/C26H33N5O3/c1-19-11-13-30(27-19)14-12-23(32)29-17-15-28(16-18-29)22-10-6-9-21-24(22)26(34)31(25(21)33)20-7-4-2-3-5-8-20/h6,9-11,13,20H,2-5,7-8,12,14-18H2,1H3. The van der Waals surface area contributed by atoms with E-state index in [1.54, 1.807) is 10.7 Å². The summed E-state index contributed by atoms with van der Waals surface area (Å²) in [6.45, 7) is 5.02. The Morgan fingerprint density at radius 3 is 2.38 bits per heavy atom. The monoisotopic (exact) mass is 463 g/mol. The number of amides is 3. The van der Waals surface area contributed by atoms with Gasteiger partial charge in [-0.25, -0.2) is 0 Å². The van der Waals surface area contributed by atoms with Crippen LogP contribution < -0.4 is 4.90 Å². The summed E-state index contributed by atoms with van der Waals surface area (Å²) in [5, 5.41) is 4.35. The van der Waals surface area contributed by atoms with E-state index < -0.39 is 0 Å². The number of fused-ring (bicyclic) bond motifs is 1. The molecule has 1 aromatic heterocycles. The van der Waals surface area contributed by atoms with E-state index in [0.717, 1.165) is 37.1 Å². The Hall–Kier alpha value is -3.16. The lowest BCUT2D eigenvalue weighted by Crippen LogP contribution is -2.49. The van der Waals surface area contributed by atoms with E-state index in [-0.39, 0.29) is 23.8 Å². The highest BCUT2D eigenvalue weighted by atomic mass is 16.2. The van der Waals surface area contributed by atoms with Crippen LogP contribution in [0.1, 0.15) is 71.4 Å². The zero-order chi connectivity index (χ0) is 23.7. The molecule has 0 spiro atoms. The third-order valence-corrected chi connectivity index (χ3v) is 7.42. The molecule has 1 saturated heterocycles. The molecular formula is C26H33N5O3. The number of piperazine rings is 1. The number of nitrogens with zero attached hydrogens (tertiary/aromatic N) is 5. The highest BCUT2D eigenvalue weighted by Gasteiger charge is 2.42. The smallest absolute Gasteiger partial charge is 0.263 e. The first-order valence-corrected chi connectivity index (χ1v) is 12.6. The lowest BCUT2D eigenvalue weighted by atomic mass is 10.1. The van der Waals surface area contributed by atoms with E-state index in [2.05, 4.69) is 10.00 Å². The van der Waals surface area contributed by atoms with Crippen molar-refractivity contribution < 1.29 is 14.4 Å². The molecule has 2 fully saturated rings. The molecule has 3 amide bonds. The van der Waals surface area contributed by atoms with Crippen LogP contribution in [0.2, 0.25) is 0 Å². The van der Waals surface area contributed by atoms with Crippen LogP contribution in [0.25, 0.3) is 0 Å². The van der Waals surface area contributed by atoms with Gasteiger partial charge in [-0.15, -0.1) is 0 Å². The molecule has 0 N–H and O–H groups in total. The molecule has 2 aliphatic heterocycles. The van der Waals surface area contributed by atoms with Gasteiger partial charge in [0, 0.05) is 51.4 Å². The lowest BCUT2D eigenvalue weighted by Gasteiger charge is -2.37. The first-order chi connectivity index (χ1) is 16.5. The molecule has 0 bridgehead atoms. The van der Waals surface area contributed by atoms with E-state index in [9.17, 15) is 14.4 Å². The molecule has 5 rings (SSSR count). The van der Waals surface area contributed by atoms with Gasteiger partial charge < -0.3 is 9.80 Å². The van der Waals surface area contributed by atoms with Crippen molar-refractivity contribution in [2.75, 3.05) is 31.1 Å². The van der Waals surface area contributed by atoms with E-state index in [4.69, 9.17) is 0 Å². The third kappa shape index (κ3) is 4.33. The van der Waals surface area contributed by atoms with Gasteiger partial charge in [0.15, 0.2) is 0 Å². The Balaban J connectivity index is 1.25. The minimum absolute atomic E-state index is 0.00999. The van der Waals surface area contributed by atoms with Crippen molar-refractivity contribution in [3.63, 3.8) is 0 Å². The molecule has 3 heterocycles. The van der Waals surface area contributed by atoms with Crippen molar-refractivity contribution in [1.29, 1.82) is 0 Å². The second-order valence-electron chi connectivity index (χ2n) is 9.66. The van der Waals surface area contributed by atoms with Crippen molar-refractivity contribution in [3.8, 4) is 0 Å². The van der Waals surface area contributed by atoms with Crippen LogP contribution in [0.3, 0.4) is 0 Å². The van der Waals surface area contributed by atoms with E-state index in [0.29, 0.717) is 50.3 Å². The number of imide groups is 1. The highest BCUT2D eigenvalue weighted by Crippen LogP contribution is 2.36. The van der Waals surface area contributed by atoms with Gasteiger partial charge in [-0.05, 0) is 38.0 Å². The second-order valence-corrected chi connectivity index (χ2v) is 9.66. The number of carbonyl (C=O) groups excluding carboxylic acids is 3. The topological polar surface area (TPSA) is 78.8 Å². The summed E-state index contributed by atoms with van der Waals surface area (Å²) < 4.78 is 1.80. The SMILES string of the molecule is Cc1ccn(CCC(=O)N2CCN(c3cccc4c3C(=O)N(C3CCCCCC3)C4=O)CC2)n1. The molecule has 8 nitrogen and oxygen atoms in total. The van der Waals surface area contributed by atoms with Crippen LogP contribution in [0.5, 0.6) is 0 Å². The Morgan fingerprint density at radius 2 is 1.71 bits per heavy atom. The molecule has 0 radical (unpaired) electrons. The fraction of sp³-hybridized carbons (Fsp3) is 0.538. The Labute approximate surface area is 200 Å². The first kappa shape index (κ1) is 22.6. The van der Waals surface area contributed by atoms with Crippen molar-refractivity contribution in [2.24, 2.45) is 0 Å². The second kappa shape index (κ2) is 9.60. The van der Waals surface area contributed by atoms with Gasteiger partial charge in [0.05, 0.1) is 22.5 Å². The van der Waals surface area contributed by atoms with Gasteiger partial charge in [0.1, 0.15) is 0 Å². The van der Waals surface area contributed by atoms with Gasteiger partial charge >= 0.3 is 0 Å². The molecule has 1 aliphatic carbocycles. The van der Waals surface area contributed by atoms with Crippen LogP contribution in [-0.2, 0) is 11.3 Å². The molecule has 1 aromatic carbocycles. The maximum absolute atomic E-state index is 13.5. The quantitative estimate of drug-likeness (QED) is 0.502. The summed E-state index contributed by atoms with van der Waals surface area (Å²) >= 11 is 0. The van der Waals surface area contributed by atoms with Crippen molar-refractivity contribution in [1.82, 2.24) is 19.6 Å². The van der Waals surface area contributed by atoms with Crippen molar-refractivity contribution >= 4 is 23.4 Å². The molecule has 180 valence electrons. The summed E-state index contributed by atoms with van der Waals surface area (Å²) in [4.78, 5) is 45.0. The number of carbonyl (C=O) groups is 3. The average Bonchev–Trinajstić information content (AvgIpc) is 3.25. The number of aryl methyl sites for hydroxylation is 2. The Morgan fingerprint density at radius 1 is 0.971 bits per heavy atom. The van der Waals surface area contributed by atoms with Crippen LogP contribution in [-0.4, -0.2) is 69.5 Å². The van der Waals surface area contributed by atoms with E-state index in [1.807, 2.05) is 36.2 Å². The predicted octanol–water partition coefficient (Wildman–Crippen LogP) is 3.25. The average molecular weight is 464 g/mol. The lowest BCUT2D eigenvalue weighted by molar-refractivity contribution is -0.131. The Kier molecular flexibility index (Phi) is 6.39. The van der Waals surface area contributed by atoms with Gasteiger partial charge in [-0.1, -0.05) is 31.7 Å². The predicted molar refractivity (Wildman–Crippen MR) is 129 cm³/mol. The molecule has 8 heteroatoms. The summed E-state index contributed by atoms with van der Waals surface area (Å²) in [5.74, 6) is -0.163. The molecular weight excluding hydrogens is 430 g/mol. The first-order valence-electron chi connectivity index (χ1n) is 12.6. The normalized spacial score (nSPS) is 19.5. The summed E-state index contributed by atoms with van der Waals surface area (Å²) in [6.07, 6.45) is 8.62. The molecule has 3 aliphatic rings. The van der Waals surface area contributed by atoms with Crippen LogP contribution in [0, 0.1) is 6.92 Å². The van der Waals surface area contributed by atoms with Crippen LogP contribution >= 0.6 is 0 Å². The van der Waals surface area contributed by atoms with Gasteiger partial charge in [-0.3, -0.25) is 24.0 Å². The van der Waals surface area contributed by atoms with Crippen molar-refractivity contribution in [3.05, 3.63) is 47.3 Å². The molecule has 34 heavy (non-hydrogen) atoms. The number of aromatic nitrogens is 2. The fourth-order valence-corrected chi connectivity index (χ4v) is 5.55. The minimum atomic E-state index is -0.143. The number of benzene rings is 1. The van der Waals surface area contributed by atoms with Crippen LogP contribution in [0.15, 0.2) is 30.5 Å². The number of anilines is 1. The number of hydrogen-bond donors (Lipinski definition) is 0. The third-order valence-electron chi connectivity index (χ3n) is 7.42. The minimum Gasteiger partial charge on any atom is -0.367 e. The summed E-state index contributed by atoms with van der Waals surface area (Å²) in [6, 6.07) is 7.55. The maximum atomic E-state index is 13.5. The van der Waals surface area contributed by atoms with Gasteiger partial charge in [-0.2, -0.15) is 5.10 Å². The van der Waals surface area contributed by atoms with E-state index in [1.165, 1.54) is 17.7 Å². The number of rotatable bonds is 5. The molecule has 1 saturated carbocycles. The number of hydrogen-bond acceptors (Lipinski definition) is 5.